The van der Waals surface area contributed by atoms with Crippen LogP contribution < -0.4 is 4.74 Å². The van der Waals surface area contributed by atoms with E-state index in [4.69, 9.17) is 4.74 Å². The second kappa shape index (κ2) is 5.54. The lowest BCUT2D eigenvalue weighted by atomic mass is 10.2. The SMILES string of the molecule is COC(=O)c1nc2ccc(Oc3ccc(C)cc3)cc2s1. The van der Waals surface area contributed by atoms with Gasteiger partial charge in [-0.05, 0) is 31.2 Å². The molecule has 4 nitrogen and oxygen atoms in total. The van der Waals surface area contributed by atoms with Crippen LogP contribution in [0.2, 0.25) is 0 Å². The van der Waals surface area contributed by atoms with Gasteiger partial charge in [-0.15, -0.1) is 11.3 Å². The summed E-state index contributed by atoms with van der Waals surface area (Å²) >= 11 is 1.29. The summed E-state index contributed by atoms with van der Waals surface area (Å²) < 4.78 is 11.4. The van der Waals surface area contributed by atoms with Gasteiger partial charge < -0.3 is 9.47 Å². The van der Waals surface area contributed by atoms with Crippen molar-refractivity contribution in [1.29, 1.82) is 0 Å². The van der Waals surface area contributed by atoms with Gasteiger partial charge in [-0.1, -0.05) is 17.7 Å². The predicted octanol–water partition coefficient (Wildman–Crippen LogP) is 4.18. The summed E-state index contributed by atoms with van der Waals surface area (Å²) in [6, 6.07) is 13.4. The van der Waals surface area contributed by atoms with Gasteiger partial charge in [-0.25, -0.2) is 9.78 Å². The number of carbonyl (C=O) groups excluding carboxylic acids is 1. The van der Waals surface area contributed by atoms with Crippen LogP contribution in [0.3, 0.4) is 0 Å². The highest BCUT2D eigenvalue weighted by molar-refractivity contribution is 7.20. The Morgan fingerprint density at radius 2 is 1.81 bits per heavy atom. The van der Waals surface area contributed by atoms with Crippen molar-refractivity contribution in [3.8, 4) is 11.5 Å². The molecular weight excluding hydrogens is 286 g/mol. The largest absolute Gasteiger partial charge is 0.464 e. The summed E-state index contributed by atoms with van der Waals surface area (Å²) in [5.41, 5.74) is 1.94. The van der Waals surface area contributed by atoms with Gasteiger partial charge >= 0.3 is 5.97 Å². The Morgan fingerprint density at radius 1 is 1.10 bits per heavy atom. The van der Waals surface area contributed by atoms with Crippen molar-refractivity contribution in [2.24, 2.45) is 0 Å². The molecular formula is C16H13NO3S. The number of methoxy groups -OCH3 is 1. The maximum absolute atomic E-state index is 11.5. The number of hydrogen-bond acceptors (Lipinski definition) is 5. The zero-order valence-electron chi connectivity index (χ0n) is 11.6. The fourth-order valence-corrected chi connectivity index (χ4v) is 2.80. The van der Waals surface area contributed by atoms with E-state index in [0.29, 0.717) is 10.8 Å². The number of aryl methyl sites for hydroxylation is 1. The van der Waals surface area contributed by atoms with E-state index in [-0.39, 0.29) is 0 Å². The summed E-state index contributed by atoms with van der Waals surface area (Å²) in [6.45, 7) is 2.03. The monoisotopic (exact) mass is 299 g/mol. The van der Waals surface area contributed by atoms with Crippen LogP contribution in [0.4, 0.5) is 0 Å². The summed E-state index contributed by atoms with van der Waals surface area (Å²) in [6.07, 6.45) is 0. The lowest BCUT2D eigenvalue weighted by molar-refractivity contribution is 0.0600. The highest BCUT2D eigenvalue weighted by Crippen LogP contribution is 2.29. The molecule has 0 unspecified atom stereocenters. The van der Waals surface area contributed by atoms with Gasteiger partial charge in [0.05, 0.1) is 17.3 Å². The second-order valence-electron chi connectivity index (χ2n) is 4.56. The highest BCUT2D eigenvalue weighted by atomic mass is 32.1. The molecule has 21 heavy (non-hydrogen) atoms. The number of hydrogen-bond donors (Lipinski definition) is 0. The van der Waals surface area contributed by atoms with Gasteiger partial charge in [-0.2, -0.15) is 0 Å². The molecule has 0 aliphatic heterocycles. The minimum absolute atomic E-state index is 0.347. The smallest absolute Gasteiger partial charge is 0.367 e. The van der Waals surface area contributed by atoms with Gasteiger partial charge in [-0.3, -0.25) is 0 Å². The number of rotatable bonds is 3. The predicted molar refractivity (Wildman–Crippen MR) is 82.2 cm³/mol. The Balaban J connectivity index is 1.90. The molecule has 0 N–H and O–H groups in total. The van der Waals surface area contributed by atoms with E-state index in [2.05, 4.69) is 9.72 Å². The second-order valence-corrected chi connectivity index (χ2v) is 5.59. The Hall–Kier alpha value is -2.40. The number of nitrogens with zero attached hydrogens (tertiary/aromatic N) is 1. The van der Waals surface area contributed by atoms with E-state index in [1.807, 2.05) is 49.4 Å². The summed E-state index contributed by atoms with van der Waals surface area (Å²) in [5, 5.41) is 0.347. The number of esters is 1. The number of thiazole rings is 1. The van der Waals surface area contributed by atoms with Crippen LogP contribution in [-0.4, -0.2) is 18.1 Å². The molecule has 1 heterocycles. The van der Waals surface area contributed by atoms with Crippen LogP contribution >= 0.6 is 11.3 Å². The molecule has 0 radical (unpaired) electrons. The minimum atomic E-state index is -0.419. The van der Waals surface area contributed by atoms with Crippen LogP contribution in [0.15, 0.2) is 42.5 Å². The Labute approximate surface area is 126 Å². The first-order chi connectivity index (χ1) is 10.2. The molecule has 5 heteroatoms. The summed E-state index contributed by atoms with van der Waals surface area (Å²) in [5.74, 6) is 1.07. The zero-order chi connectivity index (χ0) is 14.8. The third-order valence-corrected chi connectivity index (χ3v) is 3.97. The maximum Gasteiger partial charge on any atom is 0.367 e. The van der Waals surface area contributed by atoms with Gasteiger partial charge in [0.1, 0.15) is 11.5 Å². The first-order valence-electron chi connectivity index (χ1n) is 6.39. The Kier molecular flexibility index (Phi) is 3.58. The van der Waals surface area contributed by atoms with Crippen molar-refractivity contribution in [1.82, 2.24) is 4.98 Å². The van der Waals surface area contributed by atoms with Crippen LogP contribution in [-0.2, 0) is 4.74 Å². The van der Waals surface area contributed by atoms with Crippen molar-refractivity contribution in [3.63, 3.8) is 0 Å². The van der Waals surface area contributed by atoms with Gasteiger partial charge in [0, 0.05) is 6.07 Å². The van der Waals surface area contributed by atoms with E-state index >= 15 is 0 Å². The normalized spacial score (nSPS) is 10.6. The molecule has 0 aliphatic carbocycles. The summed E-state index contributed by atoms with van der Waals surface area (Å²) in [4.78, 5) is 15.7. The van der Waals surface area contributed by atoms with Crippen molar-refractivity contribution >= 4 is 27.5 Å². The standard InChI is InChI=1S/C16H13NO3S/c1-10-3-5-11(6-4-10)20-12-7-8-13-14(9-12)21-15(17-13)16(18)19-2/h3-9H,1-2H3. The molecule has 106 valence electrons. The van der Waals surface area contributed by atoms with E-state index in [1.165, 1.54) is 24.0 Å². The molecule has 0 saturated heterocycles. The van der Waals surface area contributed by atoms with Crippen LogP contribution in [0.1, 0.15) is 15.4 Å². The quantitative estimate of drug-likeness (QED) is 0.681. The highest BCUT2D eigenvalue weighted by Gasteiger charge is 2.12. The number of aromatic nitrogens is 1. The van der Waals surface area contributed by atoms with Crippen molar-refractivity contribution in [2.45, 2.75) is 6.92 Å². The average Bonchev–Trinajstić information content (AvgIpc) is 2.92. The number of ether oxygens (including phenoxy) is 2. The van der Waals surface area contributed by atoms with Gasteiger partial charge in [0.25, 0.3) is 0 Å². The lowest BCUT2D eigenvalue weighted by Crippen LogP contribution is -1.99. The minimum Gasteiger partial charge on any atom is -0.464 e. The van der Waals surface area contributed by atoms with E-state index in [0.717, 1.165) is 16.0 Å². The van der Waals surface area contributed by atoms with E-state index < -0.39 is 5.97 Å². The Bertz CT molecular complexity index is 793. The number of fused-ring (bicyclic) bond motifs is 1. The van der Waals surface area contributed by atoms with E-state index in [1.54, 1.807) is 0 Å². The number of carbonyl (C=O) groups is 1. The molecule has 3 aromatic rings. The number of benzene rings is 2. The fraction of sp³-hybridized carbons (Fsp3) is 0.125. The van der Waals surface area contributed by atoms with E-state index in [9.17, 15) is 4.79 Å². The third kappa shape index (κ3) is 2.87. The average molecular weight is 299 g/mol. The molecule has 0 fully saturated rings. The first kappa shape index (κ1) is 13.6. The molecule has 1 aromatic heterocycles. The van der Waals surface area contributed by atoms with Crippen molar-refractivity contribution in [2.75, 3.05) is 7.11 Å². The molecule has 0 atom stereocenters. The van der Waals surface area contributed by atoms with Crippen molar-refractivity contribution in [3.05, 3.63) is 53.0 Å². The first-order valence-corrected chi connectivity index (χ1v) is 7.21. The molecule has 0 amide bonds. The third-order valence-electron chi connectivity index (χ3n) is 2.98. The van der Waals surface area contributed by atoms with Crippen LogP contribution in [0.5, 0.6) is 11.5 Å². The van der Waals surface area contributed by atoms with Gasteiger partial charge in [0.2, 0.25) is 5.01 Å². The van der Waals surface area contributed by atoms with Crippen molar-refractivity contribution < 1.29 is 14.3 Å². The topological polar surface area (TPSA) is 48.4 Å². The molecule has 0 saturated carbocycles. The molecule has 0 aliphatic rings. The fourth-order valence-electron chi connectivity index (χ4n) is 1.89. The molecule has 0 spiro atoms. The van der Waals surface area contributed by atoms with Crippen LogP contribution in [0.25, 0.3) is 10.2 Å². The zero-order valence-corrected chi connectivity index (χ0v) is 12.4. The molecule has 2 aromatic carbocycles. The lowest BCUT2D eigenvalue weighted by Gasteiger charge is -2.05. The molecule has 3 rings (SSSR count). The maximum atomic E-state index is 11.5. The van der Waals surface area contributed by atoms with Crippen LogP contribution in [0, 0.1) is 6.92 Å². The Morgan fingerprint density at radius 3 is 2.52 bits per heavy atom. The molecule has 0 bridgehead atoms. The van der Waals surface area contributed by atoms with Gasteiger partial charge in [0.15, 0.2) is 0 Å². The summed E-state index contributed by atoms with van der Waals surface area (Å²) in [7, 11) is 1.35.